The number of halogens is 2. The maximum absolute atomic E-state index is 12.7. The van der Waals surface area contributed by atoms with Gasteiger partial charge < -0.3 is 5.73 Å². The van der Waals surface area contributed by atoms with Crippen molar-refractivity contribution in [2.75, 3.05) is 18.8 Å². The van der Waals surface area contributed by atoms with Crippen LogP contribution in [0.15, 0.2) is 17.0 Å². The Hall–Kier alpha value is 0.0200. The van der Waals surface area contributed by atoms with Gasteiger partial charge in [-0.05, 0) is 12.1 Å². The van der Waals surface area contributed by atoms with E-state index < -0.39 is 10.0 Å². The molecule has 8 heteroatoms. The van der Waals surface area contributed by atoms with Gasteiger partial charge in [-0.2, -0.15) is 16.1 Å². The van der Waals surface area contributed by atoms with E-state index in [2.05, 4.69) is 0 Å². The SMILES string of the molecule is CC1CN(S(=O)(=O)c2ccc(Cl)c(CN)c2Cl)CCS1. The van der Waals surface area contributed by atoms with E-state index in [1.54, 1.807) is 11.8 Å². The van der Waals surface area contributed by atoms with Crippen molar-refractivity contribution in [2.24, 2.45) is 5.73 Å². The topological polar surface area (TPSA) is 63.4 Å². The van der Waals surface area contributed by atoms with Crippen molar-refractivity contribution in [1.29, 1.82) is 0 Å². The average Bonchev–Trinajstić information content (AvgIpc) is 2.39. The molecule has 2 rings (SSSR count). The lowest BCUT2D eigenvalue weighted by Crippen LogP contribution is -2.41. The molecule has 1 atom stereocenters. The Bertz CT molecular complexity index is 608. The number of nitrogens with zero attached hydrogens (tertiary/aromatic N) is 1. The lowest BCUT2D eigenvalue weighted by Gasteiger charge is -2.30. The molecular formula is C12H16Cl2N2O2S2. The van der Waals surface area contributed by atoms with Crippen LogP contribution < -0.4 is 5.73 Å². The van der Waals surface area contributed by atoms with Gasteiger partial charge in [0.25, 0.3) is 0 Å². The van der Waals surface area contributed by atoms with Gasteiger partial charge in [0, 0.05) is 41.2 Å². The van der Waals surface area contributed by atoms with Crippen LogP contribution in [-0.4, -0.2) is 36.8 Å². The van der Waals surface area contributed by atoms with E-state index in [4.69, 9.17) is 28.9 Å². The molecule has 0 spiro atoms. The van der Waals surface area contributed by atoms with Crippen molar-refractivity contribution < 1.29 is 8.42 Å². The summed E-state index contributed by atoms with van der Waals surface area (Å²) in [5.41, 5.74) is 6.05. The summed E-state index contributed by atoms with van der Waals surface area (Å²) in [6.07, 6.45) is 0. The molecule has 1 unspecified atom stereocenters. The molecule has 0 aliphatic carbocycles. The van der Waals surface area contributed by atoms with Gasteiger partial charge in [-0.25, -0.2) is 8.42 Å². The Morgan fingerprint density at radius 2 is 2.15 bits per heavy atom. The maximum atomic E-state index is 12.7. The van der Waals surface area contributed by atoms with E-state index in [0.717, 1.165) is 5.75 Å². The third-order valence-corrected chi connectivity index (χ3v) is 7.12. The number of hydrogen-bond acceptors (Lipinski definition) is 4. The Kier molecular flexibility index (Phi) is 5.26. The number of nitrogens with two attached hydrogens (primary N) is 1. The third kappa shape index (κ3) is 3.10. The van der Waals surface area contributed by atoms with Crippen LogP contribution in [0.25, 0.3) is 0 Å². The lowest BCUT2D eigenvalue weighted by atomic mass is 10.2. The fraction of sp³-hybridized carbons (Fsp3) is 0.500. The molecule has 2 N–H and O–H groups in total. The molecule has 1 aromatic rings. The number of thioether (sulfide) groups is 1. The molecule has 1 aromatic carbocycles. The zero-order chi connectivity index (χ0) is 14.9. The van der Waals surface area contributed by atoms with E-state index in [1.807, 2.05) is 6.92 Å². The zero-order valence-electron chi connectivity index (χ0n) is 11.0. The summed E-state index contributed by atoms with van der Waals surface area (Å²) >= 11 is 13.9. The Morgan fingerprint density at radius 1 is 1.45 bits per heavy atom. The highest BCUT2D eigenvalue weighted by atomic mass is 35.5. The van der Waals surface area contributed by atoms with Crippen molar-refractivity contribution in [3.63, 3.8) is 0 Å². The van der Waals surface area contributed by atoms with Gasteiger partial charge in [-0.15, -0.1) is 0 Å². The standard InChI is InChI=1S/C12H16Cl2N2O2S2/c1-8-7-16(4-5-19-8)20(17,18)11-3-2-10(13)9(6-15)12(11)14/h2-3,8H,4-7,15H2,1H3. The second kappa shape index (κ2) is 6.42. The molecule has 20 heavy (non-hydrogen) atoms. The molecule has 1 fully saturated rings. The number of benzene rings is 1. The van der Waals surface area contributed by atoms with E-state index in [1.165, 1.54) is 16.4 Å². The molecule has 0 saturated carbocycles. The Balaban J connectivity index is 2.44. The minimum atomic E-state index is -3.60. The maximum Gasteiger partial charge on any atom is 0.244 e. The zero-order valence-corrected chi connectivity index (χ0v) is 14.1. The van der Waals surface area contributed by atoms with Crippen LogP contribution in [0.5, 0.6) is 0 Å². The largest absolute Gasteiger partial charge is 0.326 e. The van der Waals surface area contributed by atoms with Crippen LogP contribution in [0.4, 0.5) is 0 Å². The minimum Gasteiger partial charge on any atom is -0.326 e. The van der Waals surface area contributed by atoms with Crippen molar-refractivity contribution in [3.8, 4) is 0 Å². The first kappa shape index (κ1) is 16.4. The van der Waals surface area contributed by atoms with Crippen molar-refractivity contribution in [2.45, 2.75) is 23.6 Å². The monoisotopic (exact) mass is 354 g/mol. The first-order valence-electron chi connectivity index (χ1n) is 6.16. The second-order valence-electron chi connectivity index (χ2n) is 4.59. The molecule has 0 amide bonds. The molecule has 1 saturated heterocycles. The van der Waals surface area contributed by atoms with Crippen molar-refractivity contribution in [1.82, 2.24) is 4.31 Å². The van der Waals surface area contributed by atoms with E-state index in [9.17, 15) is 8.42 Å². The number of hydrogen-bond donors (Lipinski definition) is 1. The van der Waals surface area contributed by atoms with Crippen LogP contribution >= 0.6 is 35.0 Å². The van der Waals surface area contributed by atoms with E-state index in [-0.39, 0.29) is 21.7 Å². The Morgan fingerprint density at radius 3 is 2.75 bits per heavy atom. The summed E-state index contributed by atoms with van der Waals surface area (Å²) in [6.45, 7) is 3.10. The van der Waals surface area contributed by atoms with Crippen LogP contribution in [-0.2, 0) is 16.6 Å². The highest BCUT2D eigenvalue weighted by Gasteiger charge is 2.31. The summed E-state index contributed by atoms with van der Waals surface area (Å²) in [4.78, 5) is 0.0862. The van der Waals surface area contributed by atoms with Gasteiger partial charge >= 0.3 is 0 Å². The molecule has 1 aliphatic heterocycles. The molecule has 0 aromatic heterocycles. The van der Waals surface area contributed by atoms with Crippen LogP contribution in [0, 0.1) is 0 Å². The summed E-state index contributed by atoms with van der Waals surface area (Å²) in [5.74, 6) is 0.787. The summed E-state index contributed by atoms with van der Waals surface area (Å²) in [6, 6.07) is 2.98. The minimum absolute atomic E-state index is 0.0862. The third-order valence-electron chi connectivity index (χ3n) is 3.18. The summed E-state index contributed by atoms with van der Waals surface area (Å²) < 4.78 is 26.8. The van der Waals surface area contributed by atoms with Gasteiger partial charge in [0.2, 0.25) is 10.0 Å². The molecular weight excluding hydrogens is 339 g/mol. The average molecular weight is 355 g/mol. The van der Waals surface area contributed by atoms with Gasteiger partial charge in [-0.3, -0.25) is 0 Å². The molecule has 4 nitrogen and oxygen atoms in total. The first-order valence-corrected chi connectivity index (χ1v) is 9.41. The molecule has 0 radical (unpaired) electrons. The summed E-state index contributed by atoms with van der Waals surface area (Å²) in [5, 5.41) is 0.795. The molecule has 1 heterocycles. The summed E-state index contributed by atoms with van der Waals surface area (Å²) in [7, 11) is -3.60. The van der Waals surface area contributed by atoms with Crippen LogP contribution in [0.2, 0.25) is 10.0 Å². The lowest BCUT2D eigenvalue weighted by molar-refractivity contribution is 0.424. The molecule has 1 aliphatic rings. The van der Waals surface area contributed by atoms with Gasteiger partial charge in [0.05, 0.1) is 5.02 Å². The van der Waals surface area contributed by atoms with Crippen molar-refractivity contribution >= 4 is 45.0 Å². The van der Waals surface area contributed by atoms with Crippen molar-refractivity contribution in [3.05, 3.63) is 27.7 Å². The van der Waals surface area contributed by atoms with Gasteiger partial charge in [-0.1, -0.05) is 30.1 Å². The van der Waals surface area contributed by atoms with E-state index in [0.29, 0.717) is 23.7 Å². The Labute approximate surface area is 133 Å². The van der Waals surface area contributed by atoms with Crippen LogP contribution in [0.3, 0.4) is 0 Å². The van der Waals surface area contributed by atoms with Gasteiger partial charge in [0.15, 0.2) is 0 Å². The number of rotatable bonds is 3. The fourth-order valence-electron chi connectivity index (χ4n) is 2.11. The predicted octanol–water partition coefficient (Wildman–Crippen LogP) is 2.58. The van der Waals surface area contributed by atoms with Gasteiger partial charge in [0.1, 0.15) is 4.90 Å². The highest BCUT2D eigenvalue weighted by molar-refractivity contribution is 8.00. The smallest absolute Gasteiger partial charge is 0.244 e. The second-order valence-corrected chi connectivity index (χ2v) is 8.82. The highest BCUT2D eigenvalue weighted by Crippen LogP contribution is 2.33. The predicted molar refractivity (Wildman–Crippen MR) is 85.0 cm³/mol. The molecule has 0 bridgehead atoms. The quantitative estimate of drug-likeness (QED) is 0.905. The van der Waals surface area contributed by atoms with Crippen LogP contribution in [0.1, 0.15) is 12.5 Å². The fourth-order valence-corrected chi connectivity index (χ4v) is 5.77. The normalized spacial score (nSPS) is 21.1. The first-order chi connectivity index (χ1) is 9.37. The molecule has 112 valence electrons. The number of sulfonamides is 1. The van der Waals surface area contributed by atoms with E-state index >= 15 is 0 Å².